The molecule has 0 aromatic heterocycles. The van der Waals surface area contributed by atoms with E-state index >= 15 is 0 Å². The average Bonchev–Trinajstić information content (AvgIpc) is 2.98. The van der Waals surface area contributed by atoms with Gasteiger partial charge in [-0.15, -0.1) is 0 Å². The molecule has 0 spiro atoms. The van der Waals surface area contributed by atoms with Gasteiger partial charge in [0, 0.05) is 38.6 Å². The van der Waals surface area contributed by atoms with Crippen LogP contribution in [0.25, 0.3) is 0 Å². The number of methoxy groups -OCH3 is 3. The van der Waals surface area contributed by atoms with E-state index in [1.165, 1.54) is 27.4 Å². The smallest absolute Gasteiger partial charge is 0.330 e. The molecule has 9 heteroatoms. The van der Waals surface area contributed by atoms with Gasteiger partial charge >= 0.3 is 11.9 Å². The van der Waals surface area contributed by atoms with Crippen LogP contribution in [-0.2, 0) is 43.1 Å². The minimum atomic E-state index is -1.68. The highest BCUT2D eigenvalue weighted by Crippen LogP contribution is 2.61. The van der Waals surface area contributed by atoms with Crippen LogP contribution in [0.3, 0.4) is 0 Å². The standard InChI is InChI=1S/C32H48O9/c1-6-8-9-11-14-17-24-28-25(18-15-12-10-13-16-19-27(34)39-7-2)40-41-32(38-5)29(28)23(20-21-26(33)36-3)22-31(24,37-4)30(32)35/h14,17,20-22,24-25,28-29H,6-13,15-16,18-19H2,1-5H3/b17-14+,21-20+/t24?,25-,28?,29?,31?,32?/m0/s1. The van der Waals surface area contributed by atoms with E-state index in [2.05, 4.69) is 19.1 Å². The summed E-state index contributed by atoms with van der Waals surface area (Å²) in [5, 5.41) is 0. The van der Waals surface area contributed by atoms with Gasteiger partial charge in [-0.05, 0) is 44.3 Å². The molecule has 230 valence electrons. The quantitative estimate of drug-likeness (QED) is 0.0680. The average molecular weight is 577 g/mol. The normalized spacial score (nSPS) is 30.7. The van der Waals surface area contributed by atoms with Gasteiger partial charge in [-0.3, -0.25) is 9.59 Å². The lowest BCUT2D eigenvalue weighted by Gasteiger charge is -2.61. The van der Waals surface area contributed by atoms with Gasteiger partial charge in [-0.2, -0.15) is 4.89 Å². The summed E-state index contributed by atoms with van der Waals surface area (Å²) in [6, 6.07) is 0. The summed E-state index contributed by atoms with van der Waals surface area (Å²) in [7, 11) is 4.30. The van der Waals surface area contributed by atoms with Crippen LogP contribution in [0.15, 0.2) is 36.0 Å². The first-order valence-electron chi connectivity index (χ1n) is 15.2. The molecule has 1 saturated carbocycles. The van der Waals surface area contributed by atoms with Crippen molar-refractivity contribution >= 4 is 17.7 Å². The zero-order valence-electron chi connectivity index (χ0n) is 25.4. The number of carbonyl (C=O) groups is 3. The second-order valence-electron chi connectivity index (χ2n) is 11.0. The fraction of sp³-hybridized carbons (Fsp3) is 0.719. The monoisotopic (exact) mass is 576 g/mol. The molecular weight excluding hydrogens is 528 g/mol. The summed E-state index contributed by atoms with van der Waals surface area (Å²) < 4.78 is 21.7. The fourth-order valence-corrected chi connectivity index (χ4v) is 6.56. The van der Waals surface area contributed by atoms with E-state index in [1.54, 1.807) is 6.08 Å². The van der Waals surface area contributed by atoms with Crippen LogP contribution >= 0.6 is 0 Å². The van der Waals surface area contributed by atoms with E-state index in [-0.39, 0.29) is 29.7 Å². The largest absolute Gasteiger partial charge is 0.466 e. The van der Waals surface area contributed by atoms with Gasteiger partial charge in [0.15, 0.2) is 5.60 Å². The second kappa shape index (κ2) is 15.8. The number of carbonyl (C=O) groups excluding carboxylic acids is 3. The SMILES string of the molecule is CCCCC/C=C/C1C2C3C(/C=C/C(=O)OC)=CC1(OC)C(=O)C3(OC)OO[C@H]2CCCCCCCC(=O)OCC. The van der Waals surface area contributed by atoms with E-state index in [9.17, 15) is 14.4 Å². The molecule has 1 aliphatic heterocycles. The van der Waals surface area contributed by atoms with E-state index in [0.717, 1.165) is 69.8 Å². The lowest BCUT2D eigenvalue weighted by Crippen LogP contribution is -2.76. The Labute approximate surface area is 244 Å². The maximum atomic E-state index is 14.1. The highest BCUT2D eigenvalue weighted by atomic mass is 17.2. The molecule has 0 amide bonds. The minimum Gasteiger partial charge on any atom is -0.466 e. The molecular formula is C32H48O9. The number of rotatable bonds is 18. The molecule has 1 heterocycles. The third-order valence-electron chi connectivity index (χ3n) is 8.59. The van der Waals surface area contributed by atoms with Crippen molar-refractivity contribution in [2.75, 3.05) is 27.9 Å². The number of unbranched alkanes of at least 4 members (excludes halogenated alkanes) is 7. The van der Waals surface area contributed by atoms with Crippen molar-refractivity contribution in [3.63, 3.8) is 0 Å². The van der Waals surface area contributed by atoms with E-state index in [0.29, 0.717) is 13.0 Å². The lowest BCUT2D eigenvalue weighted by molar-refractivity contribution is -0.485. The second-order valence-corrected chi connectivity index (χ2v) is 11.0. The molecule has 4 bridgehead atoms. The van der Waals surface area contributed by atoms with Crippen molar-refractivity contribution in [1.29, 1.82) is 0 Å². The van der Waals surface area contributed by atoms with Gasteiger partial charge in [-0.25, -0.2) is 9.68 Å². The number of allylic oxidation sites excluding steroid dienone is 2. The van der Waals surface area contributed by atoms with E-state index in [1.807, 2.05) is 13.0 Å². The molecule has 0 aromatic carbocycles. The molecule has 0 N–H and O–H groups in total. The lowest BCUT2D eigenvalue weighted by atomic mass is 9.51. The first-order chi connectivity index (χ1) is 19.8. The Balaban J connectivity index is 1.84. The van der Waals surface area contributed by atoms with Crippen molar-refractivity contribution < 1.29 is 43.1 Å². The van der Waals surface area contributed by atoms with Crippen LogP contribution in [0, 0.1) is 17.8 Å². The zero-order chi connectivity index (χ0) is 29.9. The molecule has 41 heavy (non-hydrogen) atoms. The predicted molar refractivity (Wildman–Crippen MR) is 152 cm³/mol. The Kier molecular flexibility index (Phi) is 12.8. The highest BCUT2D eigenvalue weighted by Gasteiger charge is 2.74. The Bertz CT molecular complexity index is 986. The number of ether oxygens (including phenoxy) is 4. The molecule has 2 fully saturated rings. The maximum Gasteiger partial charge on any atom is 0.330 e. The first kappa shape index (κ1) is 33.2. The molecule has 4 rings (SSSR count). The first-order valence-corrected chi connectivity index (χ1v) is 15.2. The van der Waals surface area contributed by atoms with Gasteiger partial charge in [0.1, 0.15) is 0 Å². The van der Waals surface area contributed by atoms with Crippen LogP contribution in [0.1, 0.15) is 84.5 Å². The summed E-state index contributed by atoms with van der Waals surface area (Å²) in [5.41, 5.74) is -0.603. The van der Waals surface area contributed by atoms with Crippen molar-refractivity contribution in [2.45, 2.75) is 102 Å². The highest BCUT2D eigenvalue weighted by molar-refractivity contribution is 6.00. The van der Waals surface area contributed by atoms with Crippen molar-refractivity contribution in [3.8, 4) is 0 Å². The third kappa shape index (κ3) is 7.19. The summed E-state index contributed by atoms with van der Waals surface area (Å²) in [5.74, 6) is -3.62. The predicted octanol–water partition coefficient (Wildman–Crippen LogP) is 5.58. The van der Waals surface area contributed by atoms with Crippen LogP contribution in [0.5, 0.6) is 0 Å². The Morgan fingerprint density at radius 3 is 2.44 bits per heavy atom. The van der Waals surface area contributed by atoms with Gasteiger partial charge in [0.2, 0.25) is 5.78 Å². The Hall–Kier alpha value is -2.33. The van der Waals surface area contributed by atoms with Crippen molar-refractivity contribution in [2.24, 2.45) is 17.8 Å². The molecule has 3 aliphatic carbocycles. The van der Waals surface area contributed by atoms with Crippen LogP contribution in [0.2, 0.25) is 0 Å². The molecule has 0 aromatic rings. The number of ketones is 1. The summed E-state index contributed by atoms with van der Waals surface area (Å²) >= 11 is 0. The van der Waals surface area contributed by atoms with E-state index in [4.69, 9.17) is 28.7 Å². The van der Waals surface area contributed by atoms with Gasteiger partial charge in [0.05, 0.1) is 25.7 Å². The summed E-state index contributed by atoms with van der Waals surface area (Å²) in [4.78, 5) is 49.5. The number of esters is 2. The molecule has 9 nitrogen and oxygen atoms in total. The summed E-state index contributed by atoms with van der Waals surface area (Å²) in [6.07, 6.45) is 18.9. The Morgan fingerprint density at radius 1 is 1.00 bits per heavy atom. The zero-order valence-corrected chi connectivity index (χ0v) is 25.4. The Morgan fingerprint density at radius 2 is 1.76 bits per heavy atom. The van der Waals surface area contributed by atoms with Crippen molar-refractivity contribution in [3.05, 3.63) is 36.0 Å². The molecule has 4 aliphatic rings. The van der Waals surface area contributed by atoms with Gasteiger partial charge in [0.25, 0.3) is 5.79 Å². The third-order valence-corrected chi connectivity index (χ3v) is 8.59. The fourth-order valence-electron chi connectivity index (χ4n) is 6.56. The molecule has 1 saturated heterocycles. The van der Waals surface area contributed by atoms with Crippen LogP contribution < -0.4 is 0 Å². The van der Waals surface area contributed by atoms with Crippen LogP contribution in [0.4, 0.5) is 0 Å². The molecule has 5 unspecified atom stereocenters. The molecule has 6 atom stereocenters. The van der Waals surface area contributed by atoms with E-state index < -0.39 is 23.3 Å². The van der Waals surface area contributed by atoms with Gasteiger partial charge in [-0.1, -0.05) is 63.7 Å². The van der Waals surface area contributed by atoms with Crippen LogP contribution in [-0.4, -0.2) is 63.2 Å². The minimum absolute atomic E-state index is 0.144. The van der Waals surface area contributed by atoms with Crippen molar-refractivity contribution in [1.82, 2.24) is 0 Å². The number of hydrogen-bond donors (Lipinski definition) is 0. The topological polar surface area (TPSA) is 107 Å². The summed E-state index contributed by atoms with van der Waals surface area (Å²) in [6.45, 7) is 4.40. The number of Topliss-reactive ketones (excluding diaryl/α,β-unsaturated/α-hetero) is 1. The van der Waals surface area contributed by atoms with Gasteiger partial charge < -0.3 is 18.9 Å². The maximum absolute atomic E-state index is 14.1. The molecule has 0 radical (unpaired) electrons. The number of hydrogen-bond acceptors (Lipinski definition) is 9.